The van der Waals surface area contributed by atoms with Crippen LogP contribution in [-0.4, -0.2) is 23.3 Å². The molecule has 0 amide bonds. The van der Waals surface area contributed by atoms with E-state index >= 15 is 0 Å². The van der Waals surface area contributed by atoms with Crippen molar-refractivity contribution in [1.82, 2.24) is 5.32 Å². The Morgan fingerprint density at radius 3 is 2.56 bits per heavy atom. The smallest absolute Gasteiger partial charge is 0.0774 e. The summed E-state index contributed by atoms with van der Waals surface area (Å²) < 4.78 is 0. The minimum Gasteiger partial charge on any atom is -0.389 e. The third-order valence-corrected chi connectivity index (χ3v) is 4.10. The number of rotatable bonds is 3. The topological polar surface area (TPSA) is 32.3 Å². The van der Waals surface area contributed by atoms with E-state index in [1.807, 2.05) is 0 Å². The Hall–Kier alpha value is -0.0800. The summed E-state index contributed by atoms with van der Waals surface area (Å²) in [6.45, 7) is 11.9. The molecule has 3 unspecified atom stereocenters. The number of hydrogen-bond acceptors (Lipinski definition) is 2. The molecule has 2 heteroatoms. The summed E-state index contributed by atoms with van der Waals surface area (Å²) in [5, 5.41) is 14.0. The molecule has 0 radical (unpaired) electrons. The first-order valence-electron chi connectivity index (χ1n) is 6.69. The molecule has 0 aliphatic heterocycles. The van der Waals surface area contributed by atoms with Crippen molar-refractivity contribution in [3.63, 3.8) is 0 Å². The van der Waals surface area contributed by atoms with Crippen LogP contribution in [0.5, 0.6) is 0 Å². The lowest BCUT2D eigenvalue weighted by atomic mass is 9.78. The highest BCUT2D eigenvalue weighted by molar-refractivity contribution is 4.89. The van der Waals surface area contributed by atoms with E-state index in [0.717, 1.165) is 19.4 Å². The molecule has 2 nitrogen and oxygen atoms in total. The molecule has 1 aliphatic rings. The predicted molar refractivity (Wildman–Crippen MR) is 69.5 cm³/mol. The van der Waals surface area contributed by atoms with Gasteiger partial charge in [0.2, 0.25) is 0 Å². The maximum atomic E-state index is 10.5. The van der Waals surface area contributed by atoms with E-state index in [1.165, 1.54) is 12.8 Å². The molecule has 0 heterocycles. The normalized spacial score (nSPS) is 33.8. The third kappa shape index (κ3) is 4.06. The van der Waals surface area contributed by atoms with Gasteiger partial charge in [-0.1, -0.05) is 40.5 Å². The minimum absolute atomic E-state index is 0.261. The van der Waals surface area contributed by atoms with Gasteiger partial charge in [-0.05, 0) is 31.1 Å². The largest absolute Gasteiger partial charge is 0.389 e. The minimum atomic E-state index is -0.461. The molecule has 0 aromatic rings. The molecular weight excluding hydrogens is 198 g/mol. The van der Waals surface area contributed by atoms with Crippen molar-refractivity contribution in [3.05, 3.63) is 0 Å². The van der Waals surface area contributed by atoms with Crippen molar-refractivity contribution >= 4 is 0 Å². The zero-order valence-corrected chi connectivity index (χ0v) is 11.6. The van der Waals surface area contributed by atoms with Crippen LogP contribution in [0.1, 0.15) is 60.3 Å². The second-order valence-corrected chi connectivity index (χ2v) is 6.89. The lowest BCUT2D eigenvalue weighted by Gasteiger charge is -2.38. The standard InChI is InChI=1S/C14H29NO/c1-11-7-6-8-14(16,9-11)10-15-12(2)13(3,4)5/h11-12,15-16H,6-10H2,1-5H3. The fourth-order valence-corrected chi connectivity index (χ4v) is 2.44. The lowest BCUT2D eigenvalue weighted by Crippen LogP contribution is -2.49. The Balaban J connectivity index is 2.41. The van der Waals surface area contributed by atoms with Crippen molar-refractivity contribution in [2.24, 2.45) is 11.3 Å². The molecule has 0 spiro atoms. The number of hydrogen-bond donors (Lipinski definition) is 2. The van der Waals surface area contributed by atoms with Gasteiger partial charge < -0.3 is 10.4 Å². The number of aliphatic hydroxyl groups is 1. The molecule has 1 aliphatic carbocycles. The van der Waals surface area contributed by atoms with Crippen molar-refractivity contribution in [2.45, 2.75) is 71.9 Å². The van der Waals surface area contributed by atoms with Gasteiger partial charge in [0.25, 0.3) is 0 Å². The van der Waals surface area contributed by atoms with Gasteiger partial charge in [0.05, 0.1) is 5.60 Å². The number of nitrogens with one attached hydrogen (secondary N) is 1. The Labute approximate surface area is 101 Å². The van der Waals surface area contributed by atoms with Crippen molar-refractivity contribution in [1.29, 1.82) is 0 Å². The van der Waals surface area contributed by atoms with Crippen LogP contribution in [0.4, 0.5) is 0 Å². The van der Waals surface area contributed by atoms with Crippen LogP contribution in [0.3, 0.4) is 0 Å². The Kier molecular flexibility index (Phi) is 4.42. The zero-order valence-electron chi connectivity index (χ0n) is 11.6. The lowest BCUT2D eigenvalue weighted by molar-refractivity contribution is -0.0158. The summed E-state index contributed by atoms with van der Waals surface area (Å²) in [7, 11) is 0. The van der Waals surface area contributed by atoms with Crippen LogP contribution < -0.4 is 5.32 Å². The molecule has 1 saturated carbocycles. The monoisotopic (exact) mass is 227 g/mol. The van der Waals surface area contributed by atoms with Crippen LogP contribution in [0.2, 0.25) is 0 Å². The second kappa shape index (κ2) is 5.05. The van der Waals surface area contributed by atoms with Crippen LogP contribution in [-0.2, 0) is 0 Å². The molecule has 0 bridgehead atoms. The molecule has 1 fully saturated rings. The highest BCUT2D eigenvalue weighted by Gasteiger charge is 2.33. The average Bonchev–Trinajstić information content (AvgIpc) is 2.12. The zero-order chi connectivity index (χ0) is 12.4. The fourth-order valence-electron chi connectivity index (χ4n) is 2.44. The van der Waals surface area contributed by atoms with E-state index in [0.29, 0.717) is 12.0 Å². The van der Waals surface area contributed by atoms with Gasteiger partial charge >= 0.3 is 0 Å². The highest BCUT2D eigenvalue weighted by atomic mass is 16.3. The molecular formula is C14H29NO. The Morgan fingerprint density at radius 1 is 1.44 bits per heavy atom. The molecule has 0 aromatic carbocycles. The van der Waals surface area contributed by atoms with Crippen LogP contribution >= 0.6 is 0 Å². The van der Waals surface area contributed by atoms with Gasteiger partial charge in [0.15, 0.2) is 0 Å². The van der Waals surface area contributed by atoms with E-state index in [9.17, 15) is 5.11 Å². The summed E-state index contributed by atoms with van der Waals surface area (Å²) >= 11 is 0. The predicted octanol–water partition coefficient (Wildman–Crippen LogP) is 2.95. The van der Waals surface area contributed by atoms with Crippen molar-refractivity contribution < 1.29 is 5.11 Å². The maximum absolute atomic E-state index is 10.5. The van der Waals surface area contributed by atoms with E-state index < -0.39 is 5.60 Å². The Bertz CT molecular complexity index is 221. The SMILES string of the molecule is CC1CCCC(O)(CNC(C)C(C)(C)C)C1. The first kappa shape index (κ1) is 14.0. The molecule has 96 valence electrons. The van der Waals surface area contributed by atoms with Crippen molar-refractivity contribution in [2.75, 3.05) is 6.54 Å². The highest BCUT2D eigenvalue weighted by Crippen LogP contribution is 2.32. The van der Waals surface area contributed by atoms with Crippen LogP contribution in [0.15, 0.2) is 0 Å². The van der Waals surface area contributed by atoms with E-state index in [2.05, 4.69) is 39.9 Å². The van der Waals surface area contributed by atoms with Gasteiger partial charge in [-0.25, -0.2) is 0 Å². The van der Waals surface area contributed by atoms with Gasteiger partial charge in [-0.2, -0.15) is 0 Å². The van der Waals surface area contributed by atoms with Crippen molar-refractivity contribution in [3.8, 4) is 0 Å². The summed E-state index contributed by atoms with van der Waals surface area (Å²) in [6, 6.07) is 0.439. The van der Waals surface area contributed by atoms with E-state index in [-0.39, 0.29) is 5.41 Å². The molecule has 2 N–H and O–H groups in total. The molecule has 3 atom stereocenters. The average molecular weight is 227 g/mol. The molecule has 16 heavy (non-hydrogen) atoms. The molecule has 1 rings (SSSR count). The first-order valence-corrected chi connectivity index (χ1v) is 6.69. The summed E-state index contributed by atoms with van der Waals surface area (Å²) in [5.74, 6) is 0.672. The van der Waals surface area contributed by atoms with Gasteiger partial charge in [-0.3, -0.25) is 0 Å². The summed E-state index contributed by atoms with van der Waals surface area (Å²) in [6.07, 6.45) is 4.36. The van der Waals surface area contributed by atoms with Gasteiger partial charge in [-0.15, -0.1) is 0 Å². The quantitative estimate of drug-likeness (QED) is 0.777. The van der Waals surface area contributed by atoms with Gasteiger partial charge in [0.1, 0.15) is 0 Å². The van der Waals surface area contributed by atoms with Crippen LogP contribution in [0.25, 0.3) is 0 Å². The maximum Gasteiger partial charge on any atom is 0.0774 e. The molecule has 0 aromatic heterocycles. The fraction of sp³-hybridized carbons (Fsp3) is 1.00. The van der Waals surface area contributed by atoms with E-state index in [4.69, 9.17) is 0 Å². The molecule has 0 saturated heterocycles. The Morgan fingerprint density at radius 2 is 2.06 bits per heavy atom. The summed E-state index contributed by atoms with van der Waals surface area (Å²) in [4.78, 5) is 0. The van der Waals surface area contributed by atoms with Gasteiger partial charge in [0, 0.05) is 12.6 Å². The summed E-state index contributed by atoms with van der Waals surface area (Å²) in [5.41, 5.74) is -0.201. The third-order valence-electron chi connectivity index (χ3n) is 4.10. The first-order chi connectivity index (χ1) is 7.23. The van der Waals surface area contributed by atoms with E-state index in [1.54, 1.807) is 0 Å². The van der Waals surface area contributed by atoms with Crippen LogP contribution in [0, 0.1) is 11.3 Å². The second-order valence-electron chi connectivity index (χ2n) is 6.89.